The Hall–Kier alpha value is -1.38. The van der Waals surface area contributed by atoms with E-state index in [-0.39, 0.29) is 17.2 Å². The van der Waals surface area contributed by atoms with E-state index in [0.717, 1.165) is 12.8 Å². The summed E-state index contributed by atoms with van der Waals surface area (Å²) in [5.41, 5.74) is 0.103. The fourth-order valence-electron chi connectivity index (χ4n) is 2.90. The normalized spacial score (nSPS) is 31.9. The van der Waals surface area contributed by atoms with Crippen molar-refractivity contribution in [3.8, 4) is 5.75 Å². The molecular formula is C13H13FO2. The first-order valence-electron chi connectivity index (χ1n) is 5.60. The third kappa shape index (κ3) is 1.34. The Morgan fingerprint density at radius 2 is 2.19 bits per heavy atom. The van der Waals surface area contributed by atoms with Crippen LogP contribution < -0.4 is 4.74 Å². The quantitative estimate of drug-likeness (QED) is 0.672. The van der Waals surface area contributed by atoms with E-state index >= 15 is 0 Å². The maximum absolute atomic E-state index is 13.0. The molecule has 0 atom stereocenters. The summed E-state index contributed by atoms with van der Waals surface area (Å²) in [6.07, 6.45) is 2.25. The zero-order valence-electron chi connectivity index (χ0n) is 9.13. The smallest absolute Gasteiger partial charge is 0.170 e. The van der Waals surface area contributed by atoms with E-state index in [4.69, 9.17) is 4.74 Å². The summed E-state index contributed by atoms with van der Waals surface area (Å²) in [6, 6.07) is 4.17. The van der Waals surface area contributed by atoms with Crippen LogP contribution >= 0.6 is 0 Å². The minimum atomic E-state index is -0.381. The van der Waals surface area contributed by atoms with Gasteiger partial charge in [0.2, 0.25) is 0 Å². The number of benzene rings is 1. The number of fused-ring (bicyclic) bond motifs is 1. The molecule has 84 valence electrons. The summed E-state index contributed by atoms with van der Waals surface area (Å²) in [4.78, 5) is 11.9. The monoisotopic (exact) mass is 220 g/mol. The highest BCUT2D eigenvalue weighted by Crippen LogP contribution is 2.47. The molecule has 16 heavy (non-hydrogen) atoms. The van der Waals surface area contributed by atoms with E-state index < -0.39 is 0 Å². The molecule has 1 aliphatic heterocycles. The summed E-state index contributed by atoms with van der Waals surface area (Å²) in [7, 11) is 0. The first-order valence-corrected chi connectivity index (χ1v) is 5.60. The SMILES string of the molecule is CC1CC2(CC(=O)c3cc(F)ccc3O2)C1. The van der Waals surface area contributed by atoms with Gasteiger partial charge < -0.3 is 4.74 Å². The minimum Gasteiger partial charge on any atom is -0.486 e. The molecule has 1 fully saturated rings. The van der Waals surface area contributed by atoms with Gasteiger partial charge in [-0.05, 0) is 37.0 Å². The highest BCUT2D eigenvalue weighted by Gasteiger charge is 2.48. The topological polar surface area (TPSA) is 26.3 Å². The lowest BCUT2D eigenvalue weighted by atomic mass is 9.68. The van der Waals surface area contributed by atoms with Gasteiger partial charge in [0.1, 0.15) is 17.2 Å². The molecule has 0 radical (unpaired) electrons. The van der Waals surface area contributed by atoms with E-state index in [9.17, 15) is 9.18 Å². The van der Waals surface area contributed by atoms with Crippen LogP contribution in [0.2, 0.25) is 0 Å². The van der Waals surface area contributed by atoms with Crippen molar-refractivity contribution in [1.82, 2.24) is 0 Å². The van der Waals surface area contributed by atoms with Gasteiger partial charge in [0.25, 0.3) is 0 Å². The number of carbonyl (C=O) groups excluding carboxylic acids is 1. The Bertz CT molecular complexity index is 461. The molecule has 1 aromatic carbocycles. The van der Waals surface area contributed by atoms with E-state index in [1.54, 1.807) is 6.07 Å². The van der Waals surface area contributed by atoms with Gasteiger partial charge in [0, 0.05) is 0 Å². The van der Waals surface area contributed by atoms with Crippen LogP contribution in [0.25, 0.3) is 0 Å². The van der Waals surface area contributed by atoms with Crippen LogP contribution in [0, 0.1) is 11.7 Å². The van der Waals surface area contributed by atoms with Crippen molar-refractivity contribution in [3.63, 3.8) is 0 Å². The van der Waals surface area contributed by atoms with Crippen molar-refractivity contribution in [1.29, 1.82) is 0 Å². The van der Waals surface area contributed by atoms with Gasteiger partial charge in [-0.15, -0.1) is 0 Å². The molecule has 3 heteroatoms. The van der Waals surface area contributed by atoms with Crippen molar-refractivity contribution < 1.29 is 13.9 Å². The summed E-state index contributed by atoms with van der Waals surface area (Å²) in [5.74, 6) is 0.792. The van der Waals surface area contributed by atoms with E-state index in [1.165, 1.54) is 12.1 Å². The van der Waals surface area contributed by atoms with Crippen molar-refractivity contribution in [3.05, 3.63) is 29.6 Å². The van der Waals surface area contributed by atoms with Crippen molar-refractivity contribution in [2.75, 3.05) is 0 Å². The zero-order valence-corrected chi connectivity index (χ0v) is 9.13. The van der Waals surface area contributed by atoms with Crippen molar-refractivity contribution in [2.45, 2.75) is 31.8 Å². The third-order valence-electron chi connectivity index (χ3n) is 3.49. The maximum atomic E-state index is 13.0. The van der Waals surface area contributed by atoms with Crippen LogP contribution in [0.5, 0.6) is 5.75 Å². The third-order valence-corrected chi connectivity index (χ3v) is 3.49. The molecule has 0 saturated heterocycles. The molecule has 1 spiro atoms. The van der Waals surface area contributed by atoms with Gasteiger partial charge in [0.15, 0.2) is 5.78 Å². The van der Waals surface area contributed by atoms with Crippen molar-refractivity contribution >= 4 is 5.78 Å². The largest absolute Gasteiger partial charge is 0.486 e. The summed E-state index contributed by atoms with van der Waals surface area (Å²) in [5, 5.41) is 0. The summed E-state index contributed by atoms with van der Waals surface area (Å²) in [6.45, 7) is 2.15. The highest BCUT2D eigenvalue weighted by molar-refractivity contribution is 6.00. The average molecular weight is 220 g/mol. The summed E-state index contributed by atoms with van der Waals surface area (Å²) >= 11 is 0. The lowest BCUT2D eigenvalue weighted by molar-refractivity contribution is -0.0501. The summed E-state index contributed by atoms with van der Waals surface area (Å²) < 4.78 is 18.9. The van der Waals surface area contributed by atoms with Crippen molar-refractivity contribution in [2.24, 2.45) is 5.92 Å². The second kappa shape index (κ2) is 3.06. The second-order valence-electron chi connectivity index (χ2n) is 5.04. The number of halogens is 1. The second-order valence-corrected chi connectivity index (χ2v) is 5.04. The molecule has 0 bridgehead atoms. The number of carbonyl (C=O) groups is 1. The van der Waals surface area contributed by atoms with Crippen LogP contribution in [-0.2, 0) is 0 Å². The Kier molecular flexibility index (Phi) is 1.88. The zero-order chi connectivity index (χ0) is 11.3. The lowest BCUT2D eigenvalue weighted by Gasteiger charge is -2.48. The van der Waals surface area contributed by atoms with Crippen LogP contribution in [0.1, 0.15) is 36.5 Å². The Labute approximate surface area is 93.4 Å². The van der Waals surface area contributed by atoms with E-state index in [0.29, 0.717) is 23.7 Å². The minimum absolute atomic E-state index is 0.00708. The molecule has 1 heterocycles. The Balaban J connectivity index is 1.98. The number of hydrogen-bond donors (Lipinski definition) is 0. The van der Waals surface area contributed by atoms with Gasteiger partial charge in [0.05, 0.1) is 12.0 Å². The van der Waals surface area contributed by atoms with Gasteiger partial charge in [-0.3, -0.25) is 4.79 Å². The Morgan fingerprint density at radius 1 is 1.44 bits per heavy atom. The Morgan fingerprint density at radius 3 is 2.88 bits per heavy atom. The molecule has 0 unspecified atom stereocenters. The maximum Gasteiger partial charge on any atom is 0.170 e. The molecule has 1 saturated carbocycles. The lowest BCUT2D eigenvalue weighted by Crippen LogP contribution is -2.51. The van der Waals surface area contributed by atoms with Crippen LogP contribution in [0.3, 0.4) is 0 Å². The van der Waals surface area contributed by atoms with Gasteiger partial charge in [-0.25, -0.2) is 4.39 Å². The predicted molar refractivity (Wildman–Crippen MR) is 57.1 cm³/mol. The van der Waals surface area contributed by atoms with Crippen LogP contribution in [-0.4, -0.2) is 11.4 Å². The molecule has 0 aromatic heterocycles. The standard InChI is InChI=1S/C13H13FO2/c1-8-5-13(6-8)7-11(15)10-4-9(14)2-3-12(10)16-13/h2-4,8H,5-7H2,1H3. The van der Waals surface area contributed by atoms with Crippen LogP contribution in [0.15, 0.2) is 18.2 Å². The number of Topliss-reactive ketones (excluding diaryl/α,β-unsaturated/α-hetero) is 1. The number of ketones is 1. The van der Waals surface area contributed by atoms with E-state index in [2.05, 4.69) is 6.92 Å². The van der Waals surface area contributed by atoms with Gasteiger partial charge in [-0.2, -0.15) is 0 Å². The average Bonchev–Trinajstić information content (AvgIpc) is 2.17. The highest BCUT2D eigenvalue weighted by atomic mass is 19.1. The molecule has 2 nitrogen and oxygen atoms in total. The first kappa shape index (κ1) is 9.82. The molecule has 1 aromatic rings. The van der Waals surface area contributed by atoms with Gasteiger partial charge >= 0.3 is 0 Å². The molecular weight excluding hydrogens is 207 g/mol. The van der Waals surface area contributed by atoms with Crippen LogP contribution in [0.4, 0.5) is 4.39 Å². The number of rotatable bonds is 0. The fourth-order valence-corrected chi connectivity index (χ4v) is 2.90. The molecule has 0 N–H and O–H groups in total. The predicted octanol–water partition coefficient (Wildman–Crippen LogP) is 2.96. The molecule has 0 amide bonds. The van der Waals surface area contributed by atoms with E-state index in [1.807, 2.05) is 0 Å². The fraction of sp³-hybridized carbons (Fsp3) is 0.462. The molecule has 2 aliphatic rings. The molecule has 3 rings (SSSR count). The van der Waals surface area contributed by atoms with Gasteiger partial charge in [-0.1, -0.05) is 6.92 Å². The number of ether oxygens (including phenoxy) is 1. The molecule has 1 aliphatic carbocycles. The number of hydrogen-bond acceptors (Lipinski definition) is 2. The first-order chi connectivity index (χ1) is 7.58.